The normalized spacial score (nSPS) is 15.1. The molecular weight excluding hydrogens is 276 g/mol. The van der Waals surface area contributed by atoms with Gasteiger partial charge in [0.25, 0.3) is 0 Å². The van der Waals surface area contributed by atoms with Crippen molar-refractivity contribution in [1.82, 2.24) is 10.6 Å². The van der Waals surface area contributed by atoms with Gasteiger partial charge in [0.1, 0.15) is 5.75 Å². The Morgan fingerprint density at radius 3 is 2.85 bits per heavy atom. The summed E-state index contributed by atoms with van der Waals surface area (Å²) in [6.45, 7) is 0.565. The molecule has 0 radical (unpaired) electrons. The van der Waals surface area contributed by atoms with Crippen LogP contribution in [0.3, 0.4) is 0 Å². The molecule has 5 heteroatoms. The van der Waals surface area contributed by atoms with Crippen molar-refractivity contribution >= 4 is 17.6 Å². The van der Waals surface area contributed by atoms with E-state index in [1.54, 1.807) is 13.2 Å². The molecule has 1 saturated carbocycles. The smallest absolute Gasteiger partial charge is 0.315 e. The summed E-state index contributed by atoms with van der Waals surface area (Å²) < 4.78 is 5.28. The van der Waals surface area contributed by atoms with E-state index in [-0.39, 0.29) is 6.03 Å². The fourth-order valence-electron chi connectivity index (χ4n) is 2.56. The molecule has 0 saturated heterocycles. The second-order valence-corrected chi connectivity index (χ2v) is 5.52. The molecule has 1 aromatic carbocycles. The zero-order valence-electron chi connectivity index (χ0n) is 11.7. The van der Waals surface area contributed by atoms with Gasteiger partial charge in [-0.3, -0.25) is 0 Å². The number of hydrogen-bond donors (Lipinski definition) is 2. The predicted octanol–water partition coefficient (Wildman–Crippen LogP) is 3.13. The van der Waals surface area contributed by atoms with Crippen LogP contribution in [0.25, 0.3) is 0 Å². The Morgan fingerprint density at radius 2 is 2.15 bits per heavy atom. The number of amides is 2. The third-order valence-corrected chi connectivity index (χ3v) is 3.85. The summed E-state index contributed by atoms with van der Waals surface area (Å²) in [4.78, 5) is 11.7. The number of methoxy groups -OCH3 is 1. The highest BCUT2D eigenvalue weighted by Gasteiger charge is 2.16. The van der Waals surface area contributed by atoms with Gasteiger partial charge in [-0.05, 0) is 43.0 Å². The molecule has 2 amide bonds. The molecule has 0 aliphatic heterocycles. The Kier molecular flexibility index (Phi) is 5.53. The number of urea groups is 1. The molecule has 2 rings (SSSR count). The van der Waals surface area contributed by atoms with Crippen LogP contribution >= 0.6 is 11.6 Å². The summed E-state index contributed by atoms with van der Waals surface area (Å²) in [5, 5.41) is 6.55. The van der Waals surface area contributed by atoms with Gasteiger partial charge in [-0.1, -0.05) is 24.4 Å². The minimum atomic E-state index is -0.0853. The number of carbonyl (C=O) groups is 1. The average molecular weight is 297 g/mol. The third-order valence-electron chi connectivity index (χ3n) is 3.61. The van der Waals surface area contributed by atoms with E-state index >= 15 is 0 Å². The molecule has 2 N–H and O–H groups in total. The van der Waals surface area contributed by atoms with Gasteiger partial charge in [0, 0.05) is 17.6 Å². The number of hydrogen-bond acceptors (Lipinski definition) is 2. The molecule has 0 bridgehead atoms. The van der Waals surface area contributed by atoms with Crippen LogP contribution in [0.4, 0.5) is 4.79 Å². The van der Waals surface area contributed by atoms with Crippen molar-refractivity contribution in [3.63, 3.8) is 0 Å². The monoisotopic (exact) mass is 296 g/mol. The fourth-order valence-corrected chi connectivity index (χ4v) is 2.75. The number of halogens is 1. The Labute approximate surface area is 124 Å². The van der Waals surface area contributed by atoms with Gasteiger partial charge in [0.05, 0.1) is 7.11 Å². The van der Waals surface area contributed by atoms with Crippen LogP contribution in [0, 0.1) is 0 Å². The van der Waals surface area contributed by atoms with E-state index in [1.807, 2.05) is 12.1 Å². The first kappa shape index (κ1) is 15.0. The van der Waals surface area contributed by atoms with E-state index in [2.05, 4.69) is 10.6 Å². The van der Waals surface area contributed by atoms with E-state index in [1.165, 1.54) is 12.8 Å². The Balaban J connectivity index is 1.77. The first-order valence-corrected chi connectivity index (χ1v) is 7.43. The maximum absolute atomic E-state index is 11.7. The second kappa shape index (κ2) is 7.39. The SMILES string of the molecule is COc1ccc(Cl)cc1CCNC(=O)NC1CCCC1. The molecule has 4 nitrogen and oxygen atoms in total. The van der Waals surface area contributed by atoms with E-state index < -0.39 is 0 Å². The molecule has 20 heavy (non-hydrogen) atoms. The summed E-state index contributed by atoms with van der Waals surface area (Å²) in [5.74, 6) is 0.799. The number of ether oxygens (including phenoxy) is 1. The van der Waals surface area contributed by atoms with Crippen LogP contribution in [-0.4, -0.2) is 25.7 Å². The van der Waals surface area contributed by atoms with Crippen molar-refractivity contribution in [1.29, 1.82) is 0 Å². The topological polar surface area (TPSA) is 50.4 Å². The van der Waals surface area contributed by atoms with E-state index in [0.29, 0.717) is 24.0 Å². The first-order valence-electron chi connectivity index (χ1n) is 7.06. The van der Waals surface area contributed by atoms with Crippen molar-refractivity contribution in [2.45, 2.75) is 38.1 Å². The van der Waals surface area contributed by atoms with E-state index in [0.717, 1.165) is 24.2 Å². The third kappa shape index (κ3) is 4.30. The van der Waals surface area contributed by atoms with Gasteiger partial charge < -0.3 is 15.4 Å². The molecule has 1 aliphatic carbocycles. The van der Waals surface area contributed by atoms with Gasteiger partial charge >= 0.3 is 6.03 Å². The lowest BCUT2D eigenvalue weighted by atomic mass is 10.1. The molecule has 1 fully saturated rings. The van der Waals surface area contributed by atoms with Crippen LogP contribution in [0.1, 0.15) is 31.2 Å². The maximum Gasteiger partial charge on any atom is 0.315 e. The standard InChI is InChI=1S/C15H21ClN2O2/c1-20-14-7-6-12(16)10-11(14)8-9-17-15(19)18-13-4-2-3-5-13/h6-7,10,13H,2-5,8-9H2,1H3,(H2,17,18,19). The molecular formula is C15H21ClN2O2. The van der Waals surface area contributed by atoms with Crippen molar-refractivity contribution in [2.75, 3.05) is 13.7 Å². The lowest BCUT2D eigenvalue weighted by Gasteiger charge is -2.13. The van der Waals surface area contributed by atoms with Crippen molar-refractivity contribution in [2.24, 2.45) is 0 Å². The highest BCUT2D eigenvalue weighted by molar-refractivity contribution is 6.30. The van der Waals surface area contributed by atoms with Gasteiger partial charge in [-0.25, -0.2) is 4.79 Å². The van der Waals surface area contributed by atoms with Crippen molar-refractivity contribution in [3.8, 4) is 5.75 Å². The summed E-state index contributed by atoms with van der Waals surface area (Å²) >= 11 is 5.97. The van der Waals surface area contributed by atoms with Gasteiger partial charge in [-0.2, -0.15) is 0 Å². The molecule has 0 aromatic heterocycles. The van der Waals surface area contributed by atoms with Crippen LogP contribution in [-0.2, 0) is 6.42 Å². The largest absolute Gasteiger partial charge is 0.496 e. The van der Waals surface area contributed by atoms with Crippen LogP contribution in [0.5, 0.6) is 5.75 Å². The zero-order valence-corrected chi connectivity index (χ0v) is 12.5. The van der Waals surface area contributed by atoms with Crippen LogP contribution in [0.2, 0.25) is 5.02 Å². The molecule has 0 spiro atoms. The summed E-state index contributed by atoms with van der Waals surface area (Å²) in [6.07, 6.45) is 5.31. The highest BCUT2D eigenvalue weighted by Crippen LogP contribution is 2.22. The Morgan fingerprint density at radius 1 is 1.40 bits per heavy atom. The zero-order chi connectivity index (χ0) is 14.4. The highest BCUT2D eigenvalue weighted by atomic mass is 35.5. The molecule has 0 heterocycles. The summed E-state index contributed by atoms with van der Waals surface area (Å²) in [6, 6.07) is 5.77. The first-order chi connectivity index (χ1) is 9.69. The molecule has 0 unspecified atom stereocenters. The minimum absolute atomic E-state index is 0.0853. The minimum Gasteiger partial charge on any atom is -0.496 e. The number of benzene rings is 1. The second-order valence-electron chi connectivity index (χ2n) is 5.09. The fraction of sp³-hybridized carbons (Fsp3) is 0.533. The van der Waals surface area contributed by atoms with Crippen molar-refractivity contribution < 1.29 is 9.53 Å². The lowest BCUT2D eigenvalue weighted by Crippen LogP contribution is -2.41. The Bertz CT molecular complexity index is 459. The number of carbonyl (C=O) groups excluding carboxylic acids is 1. The van der Waals surface area contributed by atoms with Gasteiger partial charge in [0.15, 0.2) is 0 Å². The Hall–Kier alpha value is -1.42. The quantitative estimate of drug-likeness (QED) is 0.877. The average Bonchev–Trinajstić information content (AvgIpc) is 2.92. The lowest BCUT2D eigenvalue weighted by molar-refractivity contribution is 0.237. The predicted molar refractivity (Wildman–Crippen MR) is 80.5 cm³/mol. The molecule has 0 atom stereocenters. The van der Waals surface area contributed by atoms with E-state index in [9.17, 15) is 4.79 Å². The molecule has 1 aliphatic rings. The van der Waals surface area contributed by atoms with E-state index in [4.69, 9.17) is 16.3 Å². The van der Waals surface area contributed by atoms with Crippen LogP contribution < -0.4 is 15.4 Å². The molecule has 1 aromatic rings. The van der Waals surface area contributed by atoms with Crippen molar-refractivity contribution in [3.05, 3.63) is 28.8 Å². The molecule has 110 valence electrons. The number of rotatable bonds is 5. The number of nitrogens with one attached hydrogen (secondary N) is 2. The van der Waals surface area contributed by atoms with Gasteiger partial charge in [-0.15, -0.1) is 0 Å². The maximum atomic E-state index is 11.7. The summed E-state index contributed by atoms with van der Waals surface area (Å²) in [7, 11) is 1.63. The van der Waals surface area contributed by atoms with Crippen LogP contribution in [0.15, 0.2) is 18.2 Å². The summed E-state index contributed by atoms with van der Waals surface area (Å²) in [5.41, 5.74) is 1.00. The van der Waals surface area contributed by atoms with Gasteiger partial charge in [0.2, 0.25) is 0 Å².